The van der Waals surface area contributed by atoms with Crippen molar-refractivity contribution in [2.75, 3.05) is 18.0 Å². The number of hydrogen-bond acceptors (Lipinski definition) is 3. The van der Waals surface area contributed by atoms with Crippen LogP contribution in [0, 0.1) is 5.92 Å². The van der Waals surface area contributed by atoms with Crippen molar-refractivity contribution in [3.8, 4) is 0 Å². The van der Waals surface area contributed by atoms with E-state index < -0.39 is 0 Å². The molecule has 2 aromatic carbocycles. The van der Waals surface area contributed by atoms with E-state index in [0.717, 1.165) is 54.0 Å². The van der Waals surface area contributed by atoms with Crippen LogP contribution in [0.25, 0.3) is 10.1 Å². The first-order chi connectivity index (χ1) is 11.8. The Morgan fingerprint density at radius 3 is 2.46 bits per heavy atom. The van der Waals surface area contributed by atoms with Gasteiger partial charge in [-0.15, -0.1) is 11.3 Å². The number of piperidine rings is 1. The molecule has 1 aromatic heterocycles. The molecule has 24 heavy (non-hydrogen) atoms. The van der Waals surface area contributed by atoms with E-state index in [1.54, 1.807) is 11.3 Å². The molecule has 0 aliphatic carbocycles. The van der Waals surface area contributed by atoms with Crippen molar-refractivity contribution in [3.63, 3.8) is 0 Å². The standard InChI is InChI=1S/C21H21NOS/c23-21-18-8-4-5-9-20(18)24-15-19(21)22-12-10-17(11-13-22)14-16-6-2-1-3-7-16/h1-9,15,17H,10-14H2. The molecule has 1 aliphatic heterocycles. The van der Waals surface area contributed by atoms with Gasteiger partial charge in [0.2, 0.25) is 5.43 Å². The summed E-state index contributed by atoms with van der Waals surface area (Å²) in [5.41, 5.74) is 2.50. The molecule has 2 nitrogen and oxygen atoms in total. The van der Waals surface area contributed by atoms with Crippen LogP contribution in [0.3, 0.4) is 0 Å². The van der Waals surface area contributed by atoms with Gasteiger partial charge in [-0.3, -0.25) is 4.79 Å². The summed E-state index contributed by atoms with van der Waals surface area (Å²) in [6.45, 7) is 1.97. The average molecular weight is 335 g/mol. The van der Waals surface area contributed by atoms with Gasteiger partial charge in [0.25, 0.3) is 0 Å². The normalized spacial score (nSPS) is 15.8. The molecular weight excluding hydrogens is 314 g/mol. The molecule has 0 bridgehead atoms. The highest BCUT2D eigenvalue weighted by atomic mass is 32.1. The SMILES string of the molecule is O=c1c(N2CCC(Cc3ccccc3)CC2)csc2ccccc12. The average Bonchev–Trinajstić information content (AvgIpc) is 2.64. The van der Waals surface area contributed by atoms with Crippen molar-refractivity contribution in [2.24, 2.45) is 5.92 Å². The van der Waals surface area contributed by atoms with Crippen molar-refractivity contribution >= 4 is 27.1 Å². The van der Waals surface area contributed by atoms with Crippen molar-refractivity contribution < 1.29 is 0 Å². The van der Waals surface area contributed by atoms with Crippen LogP contribution >= 0.6 is 11.3 Å². The molecule has 4 rings (SSSR count). The Labute approximate surface area is 146 Å². The van der Waals surface area contributed by atoms with Gasteiger partial charge in [0, 0.05) is 28.6 Å². The molecule has 1 saturated heterocycles. The molecule has 3 aromatic rings. The van der Waals surface area contributed by atoms with E-state index in [4.69, 9.17) is 0 Å². The first kappa shape index (κ1) is 15.4. The minimum Gasteiger partial charge on any atom is -0.368 e. The summed E-state index contributed by atoms with van der Waals surface area (Å²) in [7, 11) is 0. The molecule has 3 heteroatoms. The Morgan fingerprint density at radius 2 is 1.67 bits per heavy atom. The van der Waals surface area contributed by atoms with Crippen LogP contribution in [0.1, 0.15) is 18.4 Å². The van der Waals surface area contributed by atoms with E-state index >= 15 is 0 Å². The van der Waals surface area contributed by atoms with Gasteiger partial charge in [0.05, 0.1) is 5.69 Å². The fourth-order valence-corrected chi connectivity index (χ4v) is 4.55. The summed E-state index contributed by atoms with van der Waals surface area (Å²) in [4.78, 5) is 15.0. The molecule has 1 aliphatic rings. The van der Waals surface area contributed by atoms with E-state index in [-0.39, 0.29) is 5.43 Å². The second kappa shape index (κ2) is 6.78. The van der Waals surface area contributed by atoms with Gasteiger partial charge in [-0.05, 0) is 42.9 Å². The number of anilines is 1. The maximum atomic E-state index is 12.8. The van der Waals surface area contributed by atoms with Gasteiger partial charge in [-0.1, -0.05) is 42.5 Å². The molecule has 0 spiro atoms. The minimum absolute atomic E-state index is 0.186. The molecule has 0 radical (unpaired) electrons. The van der Waals surface area contributed by atoms with Gasteiger partial charge in [-0.2, -0.15) is 0 Å². The highest BCUT2D eigenvalue weighted by Crippen LogP contribution is 2.27. The van der Waals surface area contributed by atoms with Gasteiger partial charge in [0.1, 0.15) is 0 Å². The Kier molecular flexibility index (Phi) is 4.35. The van der Waals surface area contributed by atoms with Crippen LogP contribution in [-0.4, -0.2) is 13.1 Å². The lowest BCUT2D eigenvalue weighted by Crippen LogP contribution is -2.36. The van der Waals surface area contributed by atoms with Crippen LogP contribution in [0.15, 0.2) is 64.8 Å². The summed E-state index contributed by atoms with van der Waals surface area (Å²) in [6, 6.07) is 18.6. The van der Waals surface area contributed by atoms with E-state index in [1.807, 2.05) is 29.6 Å². The molecule has 0 amide bonds. The molecule has 1 fully saturated rings. The van der Waals surface area contributed by atoms with Crippen molar-refractivity contribution in [1.82, 2.24) is 0 Å². The van der Waals surface area contributed by atoms with Gasteiger partial charge in [-0.25, -0.2) is 0 Å². The quantitative estimate of drug-likeness (QED) is 0.690. The zero-order chi connectivity index (χ0) is 16.4. The van der Waals surface area contributed by atoms with Gasteiger partial charge < -0.3 is 4.90 Å². The van der Waals surface area contributed by atoms with Crippen molar-refractivity contribution in [3.05, 3.63) is 75.8 Å². The molecule has 0 atom stereocenters. The van der Waals surface area contributed by atoms with Crippen LogP contribution in [0.5, 0.6) is 0 Å². The second-order valence-electron chi connectivity index (χ2n) is 6.57. The molecular formula is C21H21NOS. The lowest BCUT2D eigenvalue weighted by molar-refractivity contribution is 0.403. The predicted molar refractivity (Wildman–Crippen MR) is 103 cm³/mol. The minimum atomic E-state index is 0.186. The maximum absolute atomic E-state index is 12.8. The first-order valence-electron chi connectivity index (χ1n) is 8.61. The van der Waals surface area contributed by atoms with Crippen molar-refractivity contribution in [1.29, 1.82) is 0 Å². The number of hydrogen-bond donors (Lipinski definition) is 0. The smallest absolute Gasteiger partial charge is 0.211 e. The van der Waals surface area contributed by atoms with Crippen LogP contribution in [0.2, 0.25) is 0 Å². The van der Waals surface area contributed by atoms with E-state index in [9.17, 15) is 4.79 Å². The largest absolute Gasteiger partial charge is 0.368 e. The molecule has 0 N–H and O–H groups in total. The predicted octanol–water partition coefficient (Wildman–Crippen LogP) is 4.72. The van der Waals surface area contributed by atoms with E-state index in [2.05, 4.69) is 35.2 Å². The van der Waals surface area contributed by atoms with Gasteiger partial charge >= 0.3 is 0 Å². The summed E-state index contributed by atoms with van der Waals surface area (Å²) < 4.78 is 1.07. The molecule has 0 unspecified atom stereocenters. The topological polar surface area (TPSA) is 20.3 Å². The fourth-order valence-electron chi connectivity index (χ4n) is 3.61. The fraction of sp³-hybridized carbons (Fsp3) is 0.286. The first-order valence-corrected chi connectivity index (χ1v) is 9.48. The van der Waals surface area contributed by atoms with Crippen LogP contribution in [-0.2, 0) is 6.42 Å². The third-order valence-electron chi connectivity index (χ3n) is 4.98. The lowest BCUT2D eigenvalue weighted by atomic mass is 9.90. The third kappa shape index (κ3) is 3.09. The molecule has 122 valence electrons. The van der Waals surface area contributed by atoms with Crippen LogP contribution in [0.4, 0.5) is 5.69 Å². The molecule has 2 heterocycles. The zero-order valence-corrected chi connectivity index (χ0v) is 14.5. The number of nitrogens with zero attached hydrogens (tertiary/aromatic N) is 1. The Balaban J connectivity index is 1.48. The summed E-state index contributed by atoms with van der Waals surface area (Å²) in [5.74, 6) is 0.725. The summed E-state index contributed by atoms with van der Waals surface area (Å²) in [5, 5.41) is 2.90. The summed E-state index contributed by atoms with van der Waals surface area (Å²) in [6.07, 6.45) is 3.47. The van der Waals surface area contributed by atoms with Gasteiger partial charge in [0.15, 0.2) is 0 Å². The second-order valence-corrected chi connectivity index (χ2v) is 7.48. The Morgan fingerprint density at radius 1 is 0.958 bits per heavy atom. The summed E-state index contributed by atoms with van der Waals surface area (Å²) >= 11 is 1.67. The Bertz CT molecular complexity index is 879. The molecule has 0 saturated carbocycles. The third-order valence-corrected chi connectivity index (χ3v) is 5.94. The van der Waals surface area contributed by atoms with E-state index in [0.29, 0.717) is 0 Å². The highest BCUT2D eigenvalue weighted by molar-refractivity contribution is 7.16. The number of benzene rings is 2. The monoisotopic (exact) mass is 335 g/mol. The number of fused-ring (bicyclic) bond motifs is 1. The highest BCUT2D eigenvalue weighted by Gasteiger charge is 2.21. The zero-order valence-electron chi connectivity index (χ0n) is 13.7. The van der Waals surface area contributed by atoms with E-state index in [1.165, 1.54) is 5.56 Å². The Hall–Kier alpha value is -2.13. The van der Waals surface area contributed by atoms with Crippen LogP contribution < -0.4 is 10.3 Å². The lowest BCUT2D eigenvalue weighted by Gasteiger charge is -2.33. The maximum Gasteiger partial charge on any atom is 0.211 e. The number of rotatable bonds is 3. The van der Waals surface area contributed by atoms with Crippen molar-refractivity contribution in [2.45, 2.75) is 19.3 Å².